The Hall–Kier alpha value is -3.35. The van der Waals surface area contributed by atoms with Crippen molar-refractivity contribution in [3.05, 3.63) is 65.2 Å². The average molecular weight is 423 g/mol. The van der Waals surface area contributed by atoms with Crippen LogP contribution >= 0.6 is 0 Å². The Labute approximate surface area is 182 Å². The van der Waals surface area contributed by atoms with Gasteiger partial charge in [-0.15, -0.1) is 0 Å². The van der Waals surface area contributed by atoms with Crippen molar-refractivity contribution < 1.29 is 14.0 Å². The van der Waals surface area contributed by atoms with Gasteiger partial charge in [0.05, 0.1) is 17.8 Å². The molecule has 0 aliphatic carbocycles. The fourth-order valence-electron chi connectivity index (χ4n) is 3.45. The lowest BCUT2D eigenvalue weighted by atomic mass is 10.1. The van der Waals surface area contributed by atoms with Gasteiger partial charge in [0.25, 0.3) is 5.91 Å². The number of likely N-dealkylation sites (N-methyl/N-ethyl adjacent to an activating group) is 1. The lowest BCUT2D eigenvalue weighted by Gasteiger charge is -2.17. The fourth-order valence-corrected chi connectivity index (χ4v) is 3.45. The van der Waals surface area contributed by atoms with Gasteiger partial charge in [-0.25, -0.2) is 0 Å². The molecule has 2 N–H and O–H groups in total. The second kappa shape index (κ2) is 10.6. The van der Waals surface area contributed by atoms with Gasteiger partial charge in [0.2, 0.25) is 5.91 Å². The number of hydrogen-bond donors (Lipinski definition) is 2. The molecule has 0 unspecified atom stereocenters. The summed E-state index contributed by atoms with van der Waals surface area (Å²) < 4.78 is 5.36. The SMILES string of the molecule is Cc1cc(C(=O)NCC(=O)N(C)CCCCCc2cc(-c3ccccc3)n[nH]2)c(C)o1. The zero-order valence-electron chi connectivity index (χ0n) is 18.4. The molecule has 0 aliphatic rings. The fraction of sp³-hybridized carbons (Fsp3) is 0.375. The Bertz CT molecular complexity index is 1010. The van der Waals surface area contributed by atoms with Crippen LogP contribution in [0.4, 0.5) is 0 Å². The first-order chi connectivity index (χ1) is 14.9. The normalized spacial score (nSPS) is 10.8. The predicted octanol–water partition coefficient (Wildman–Crippen LogP) is 3.89. The second-order valence-corrected chi connectivity index (χ2v) is 7.78. The molecule has 1 aromatic carbocycles. The van der Waals surface area contributed by atoms with E-state index in [0.717, 1.165) is 42.6 Å². The Morgan fingerprint density at radius 1 is 1.10 bits per heavy atom. The van der Waals surface area contributed by atoms with Crippen molar-refractivity contribution in [2.75, 3.05) is 20.1 Å². The number of aromatic amines is 1. The maximum atomic E-state index is 12.3. The van der Waals surface area contributed by atoms with Crippen LogP contribution in [0.5, 0.6) is 0 Å². The summed E-state index contributed by atoms with van der Waals surface area (Å²) in [6.45, 7) is 4.17. The lowest BCUT2D eigenvalue weighted by Crippen LogP contribution is -2.38. The van der Waals surface area contributed by atoms with Crippen molar-refractivity contribution in [3.63, 3.8) is 0 Å². The molecular weight excluding hydrogens is 392 g/mol. The molecule has 3 aromatic rings. The number of furan rings is 1. The van der Waals surface area contributed by atoms with Gasteiger partial charge < -0.3 is 14.6 Å². The van der Waals surface area contributed by atoms with Crippen LogP contribution in [0.3, 0.4) is 0 Å². The number of benzene rings is 1. The van der Waals surface area contributed by atoms with E-state index < -0.39 is 0 Å². The summed E-state index contributed by atoms with van der Waals surface area (Å²) in [7, 11) is 1.77. The molecule has 0 saturated carbocycles. The molecule has 164 valence electrons. The van der Waals surface area contributed by atoms with Gasteiger partial charge in [0.1, 0.15) is 11.5 Å². The van der Waals surface area contributed by atoms with Gasteiger partial charge in [-0.05, 0) is 45.2 Å². The number of nitrogens with one attached hydrogen (secondary N) is 2. The number of nitrogens with zero attached hydrogens (tertiary/aromatic N) is 2. The minimum Gasteiger partial charge on any atom is -0.466 e. The van der Waals surface area contributed by atoms with Crippen molar-refractivity contribution in [3.8, 4) is 11.3 Å². The average Bonchev–Trinajstić information content (AvgIpc) is 3.37. The summed E-state index contributed by atoms with van der Waals surface area (Å²) in [5, 5.41) is 10.2. The quantitative estimate of drug-likeness (QED) is 0.485. The van der Waals surface area contributed by atoms with E-state index >= 15 is 0 Å². The molecule has 2 amide bonds. The van der Waals surface area contributed by atoms with E-state index in [4.69, 9.17) is 4.42 Å². The molecule has 31 heavy (non-hydrogen) atoms. The van der Waals surface area contributed by atoms with E-state index in [1.165, 1.54) is 0 Å². The van der Waals surface area contributed by atoms with E-state index in [0.29, 0.717) is 23.6 Å². The summed E-state index contributed by atoms with van der Waals surface area (Å²) >= 11 is 0. The third-order valence-electron chi connectivity index (χ3n) is 5.25. The van der Waals surface area contributed by atoms with E-state index in [1.807, 2.05) is 30.3 Å². The zero-order valence-corrected chi connectivity index (χ0v) is 18.4. The number of rotatable bonds is 10. The van der Waals surface area contributed by atoms with Crippen LogP contribution in [0.1, 0.15) is 46.8 Å². The van der Waals surface area contributed by atoms with Gasteiger partial charge in [0, 0.05) is 24.8 Å². The number of aryl methyl sites for hydroxylation is 3. The van der Waals surface area contributed by atoms with Crippen molar-refractivity contribution in [1.29, 1.82) is 0 Å². The van der Waals surface area contributed by atoms with Crippen molar-refractivity contribution in [2.45, 2.75) is 39.5 Å². The van der Waals surface area contributed by atoms with Crippen LogP contribution in [-0.2, 0) is 11.2 Å². The highest BCUT2D eigenvalue weighted by Gasteiger charge is 2.15. The highest BCUT2D eigenvalue weighted by Crippen LogP contribution is 2.18. The molecule has 2 heterocycles. The van der Waals surface area contributed by atoms with E-state index in [1.54, 1.807) is 31.9 Å². The Morgan fingerprint density at radius 3 is 2.58 bits per heavy atom. The van der Waals surface area contributed by atoms with Gasteiger partial charge in [0.15, 0.2) is 0 Å². The van der Waals surface area contributed by atoms with Crippen LogP contribution in [0.25, 0.3) is 11.3 Å². The zero-order chi connectivity index (χ0) is 22.2. The lowest BCUT2D eigenvalue weighted by molar-refractivity contribution is -0.128. The standard InChI is InChI=1S/C24H30N4O3/c1-17-14-21(18(2)31-17)24(30)25-16-23(29)28(3)13-9-5-8-12-20-15-22(27-26-20)19-10-6-4-7-11-19/h4,6-7,10-11,14-15H,5,8-9,12-13,16H2,1-3H3,(H,25,30)(H,26,27). The molecule has 7 nitrogen and oxygen atoms in total. The number of aromatic nitrogens is 2. The summed E-state index contributed by atoms with van der Waals surface area (Å²) in [5.41, 5.74) is 3.66. The molecule has 3 rings (SSSR count). The van der Waals surface area contributed by atoms with Crippen molar-refractivity contribution >= 4 is 11.8 Å². The first kappa shape index (κ1) is 22.3. The number of H-pyrrole nitrogens is 1. The molecule has 0 aliphatic heterocycles. The predicted molar refractivity (Wildman–Crippen MR) is 120 cm³/mol. The third-order valence-corrected chi connectivity index (χ3v) is 5.25. The smallest absolute Gasteiger partial charge is 0.255 e. The molecule has 0 fully saturated rings. The van der Waals surface area contributed by atoms with Gasteiger partial charge in [-0.3, -0.25) is 14.7 Å². The summed E-state index contributed by atoms with van der Waals surface area (Å²) in [6.07, 6.45) is 3.87. The molecular formula is C24H30N4O3. The number of amides is 2. The molecule has 0 atom stereocenters. The van der Waals surface area contributed by atoms with E-state index in [9.17, 15) is 9.59 Å². The molecule has 0 radical (unpaired) electrons. The third kappa shape index (κ3) is 6.31. The highest BCUT2D eigenvalue weighted by molar-refractivity contribution is 5.97. The number of unbranched alkanes of at least 4 members (excludes halogenated alkanes) is 2. The van der Waals surface area contributed by atoms with Crippen LogP contribution < -0.4 is 5.32 Å². The summed E-state index contributed by atoms with van der Waals surface area (Å²) in [6, 6.07) is 13.9. The minimum absolute atomic E-state index is 0.0184. The topological polar surface area (TPSA) is 91.2 Å². The Balaban J connectivity index is 1.32. The Morgan fingerprint density at radius 2 is 1.87 bits per heavy atom. The largest absolute Gasteiger partial charge is 0.466 e. The van der Waals surface area contributed by atoms with Crippen LogP contribution in [-0.4, -0.2) is 47.0 Å². The van der Waals surface area contributed by atoms with Crippen LogP contribution in [0.2, 0.25) is 0 Å². The minimum atomic E-state index is -0.287. The van der Waals surface area contributed by atoms with E-state index in [-0.39, 0.29) is 18.4 Å². The molecule has 0 bridgehead atoms. The van der Waals surface area contributed by atoms with Crippen LogP contribution in [0.15, 0.2) is 46.9 Å². The van der Waals surface area contributed by atoms with Crippen molar-refractivity contribution in [1.82, 2.24) is 20.4 Å². The highest BCUT2D eigenvalue weighted by atomic mass is 16.3. The monoisotopic (exact) mass is 422 g/mol. The molecule has 7 heteroatoms. The first-order valence-corrected chi connectivity index (χ1v) is 10.6. The molecule has 0 saturated heterocycles. The summed E-state index contributed by atoms with van der Waals surface area (Å²) in [5.74, 6) is 0.847. The summed E-state index contributed by atoms with van der Waals surface area (Å²) in [4.78, 5) is 26.1. The van der Waals surface area contributed by atoms with Gasteiger partial charge >= 0.3 is 0 Å². The van der Waals surface area contributed by atoms with E-state index in [2.05, 4.69) is 21.6 Å². The van der Waals surface area contributed by atoms with Crippen LogP contribution in [0, 0.1) is 13.8 Å². The number of carbonyl (C=O) groups is 2. The van der Waals surface area contributed by atoms with Gasteiger partial charge in [-0.1, -0.05) is 36.8 Å². The molecule has 0 spiro atoms. The molecule has 2 aromatic heterocycles. The number of carbonyl (C=O) groups excluding carboxylic acids is 2. The second-order valence-electron chi connectivity index (χ2n) is 7.78. The first-order valence-electron chi connectivity index (χ1n) is 10.6. The van der Waals surface area contributed by atoms with Crippen molar-refractivity contribution in [2.24, 2.45) is 0 Å². The maximum Gasteiger partial charge on any atom is 0.255 e. The maximum absolute atomic E-state index is 12.3. The van der Waals surface area contributed by atoms with Gasteiger partial charge in [-0.2, -0.15) is 5.10 Å². The Kier molecular flexibility index (Phi) is 7.65. The number of hydrogen-bond acceptors (Lipinski definition) is 4.